The predicted octanol–water partition coefficient (Wildman–Crippen LogP) is 4.29. The average molecular weight is 223 g/mol. The van der Waals surface area contributed by atoms with Crippen molar-refractivity contribution < 1.29 is 0 Å². The monoisotopic (exact) mass is 223 g/mol. The third-order valence-electron chi connectivity index (χ3n) is 3.92. The lowest BCUT2D eigenvalue weighted by molar-refractivity contribution is 0.328. The first kappa shape index (κ1) is 13.8. The Labute approximate surface area is 102 Å². The molecule has 1 fully saturated rings. The Bertz CT molecular complexity index is 194. The fourth-order valence-electron chi connectivity index (χ4n) is 2.38. The molecule has 1 heteroatoms. The van der Waals surface area contributed by atoms with Crippen molar-refractivity contribution in [2.24, 2.45) is 5.41 Å². The standard InChI is InChI=1S/C15H29N/c1-4-6-7-8-9-10-14(16-13-5-2)15(3)11-12-15/h4,14,16H,1,5-13H2,2-3H3. The van der Waals surface area contributed by atoms with Gasteiger partial charge in [-0.25, -0.2) is 0 Å². The summed E-state index contributed by atoms with van der Waals surface area (Å²) in [6.07, 6.45) is 12.8. The summed E-state index contributed by atoms with van der Waals surface area (Å²) in [6, 6.07) is 0.774. The van der Waals surface area contributed by atoms with Crippen LogP contribution in [0.3, 0.4) is 0 Å². The topological polar surface area (TPSA) is 12.0 Å². The minimum atomic E-state index is 0.633. The van der Waals surface area contributed by atoms with E-state index in [1.807, 2.05) is 6.08 Å². The Hall–Kier alpha value is -0.300. The van der Waals surface area contributed by atoms with Crippen LogP contribution in [0.4, 0.5) is 0 Å². The summed E-state index contributed by atoms with van der Waals surface area (Å²) < 4.78 is 0. The van der Waals surface area contributed by atoms with Crippen LogP contribution in [0.5, 0.6) is 0 Å². The number of rotatable bonds is 10. The van der Waals surface area contributed by atoms with Crippen molar-refractivity contribution in [1.29, 1.82) is 0 Å². The number of allylic oxidation sites excluding steroid dienone is 1. The van der Waals surface area contributed by atoms with Crippen molar-refractivity contribution >= 4 is 0 Å². The predicted molar refractivity (Wildman–Crippen MR) is 72.7 cm³/mol. The van der Waals surface area contributed by atoms with Crippen LogP contribution in [0.2, 0.25) is 0 Å². The van der Waals surface area contributed by atoms with Gasteiger partial charge < -0.3 is 5.32 Å². The molecule has 1 unspecified atom stereocenters. The van der Waals surface area contributed by atoms with Crippen LogP contribution in [0, 0.1) is 5.41 Å². The first-order valence-corrected chi connectivity index (χ1v) is 7.07. The molecule has 1 atom stereocenters. The van der Waals surface area contributed by atoms with Gasteiger partial charge in [0.2, 0.25) is 0 Å². The van der Waals surface area contributed by atoms with E-state index in [1.165, 1.54) is 57.9 Å². The molecule has 0 bridgehead atoms. The quantitative estimate of drug-likeness (QED) is 0.430. The SMILES string of the molecule is C=CCCCCCC(NCCC)C1(C)CC1. The minimum Gasteiger partial charge on any atom is -0.313 e. The van der Waals surface area contributed by atoms with E-state index in [4.69, 9.17) is 0 Å². The highest BCUT2D eigenvalue weighted by molar-refractivity contribution is 4.98. The second kappa shape index (κ2) is 7.11. The van der Waals surface area contributed by atoms with Gasteiger partial charge >= 0.3 is 0 Å². The van der Waals surface area contributed by atoms with Gasteiger partial charge in [0, 0.05) is 6.04 Å². The van der Waals surface area contributed by atoms with Gasteiger partial charge in [0.15, 0.2) is 0 Å². The molecule has 0 aromatic rings. The maximum Gasteiger partial charge on any atom is 0.0121 e. The van der Waals surface area contributed by atoms with Gasteiger partial charge in [0.25, 0.3) is 0 Å². The van der Waals surface area contributed by atoms with Crippen molar-refractivity contribution in [3.05, 3.63) is 12.7 Å². The molecule has 0 aliphatic heterocycles. The van der Waals surface area contributed by atoms with Gasteiger partial charge in [-0.3, -0.25) is 0 Å². The molecule has 1 rings (SSSR count). The molecule has 1 aliphatic carbocycles. The third kappa shape index (κ3) is 4.69. The summed E-state index contributed by atoms with van der Waals surface area (Å²) in [6.45, 7) is 9.66. The summed E-state index contributed by atoms with van der Waals surface area (Å²) in [5.41, 5.74) is 0.633. The molecule has 1 nitrogen and oxygen atoms in total. The molecule has 16 heavy (non-hydrogen) atoms. The van der Waals surface area contributed by atoms with Crippen molar-refractivity contribution in [2.45, 2.75) is 71.3 Å². The summed E-state index contributed by atoms with van der Waals surface area (Å²) in [5.74, 6) is 0. The highest BCUT2D eigenvalue weighted by atomic mass is 14.9. The summed E-state index contributed by atoms with van der Waals surface area (Å²) in [4.78, 5) is 0. The van der Waals surface area contributed by atoms with Crippen LogP contribution in [0.1, 0.15) is 65.2 Å². The lowest BCUT2D eigenvalue weighted by Gasteiger charge is -2.25. The van der Waals surface area contributed by atoms with Gasteiger partial charge in [-0.05, 0) is 50.5 Å². The zero-order chi connectivity index (χ0) is 11.9. The van der Waals surface area contributed by atoms with E-state index in [2.05, 4.69) is 25.7 Å². The number of unbranched alkanes of at least 4 members (excludes halogenated alkanes) is 3. The molecular weight excluding hydrogens is 194 g/mol. The Morgan fingerprint density at radius 1 is 1.31 bits per heavy atom. The molecule has 0 radical (unpaired) electrons. The zero-order valence-corrected chi connectivity index (χ0v) is 11.2. The van der Waals surface area contributed by atoms with E-state index in [9.17, 15) is 0 Å². The zero-order valence-electron chi connectivity index (χ0n) is 11.2. The molecule has 0 heterocycles. The van der Waals surface area contributed by atoms with Crippen LogP contribution < -0.4 is 5.32 Å². The molecule has 1 N–H and O–H groups in total. The van der Waals surface area contributed by atoms with Crippen molar-refractivity contribution in [1.82, 2.24) is 5.32 Å². The summed E-state index contributed by atoms with van der Waals surface area (Å²) >= 11 is 0. The van der Waals surface area contributed by atoms with E-state index >= 15 is 0 Å². The lowest BCUT2D eigenvalue weighted by atomic mass is 9.93. The van der Waals surface area contributed by atoms with Gasteiger partial charge in [-0.2, -0.15) is 0 Å². The van der Waals surface area contributed by atoms with Crippen molar-refractivity contribution in [3.8, 4) is 0 Å². The van der Waals surface area contributed by atoms with Crippen LogP contribution in [0.25, 0.3) is 0 Å². The van der Waals surface area contributed by atoms with E-state index < -0.39 is 0 Å². The minimum absolute atomic E-state index is 0.633. The van der Waals surface area contributed by atoms with Crippen molar-refractivity contribution in [3.63, 3.8) is 0 Å². The summed E-state index contributed by atoms with van der Waals surface area (Å²) in [5, 5.41) is 3.74. The van der Waals surface area contributed by atoms with Crippen LogP contribution in [-0.2, 0) is 0 Å². The fraction of sp³-hybridized carbons (Fsp3) is 0.867. The van der Waals surface area contributed by atoms with E-state index in [1.54, 1.807) is 0 Å². The van der Waals surface area contributed by atoms with Gasteiger partial charge in [0.1, 0.15) is 0 Å². The van der Waals surface area contributed by atoms with Crippen molar-refractivity contribution in [2.75, 3.05) is 6.54 Å². The maximum atomic E-state index is 3.77. The number of nitrogens with one attached hydrogen (secondary N) is 1. The maximum absolute atomic E-state index is 3.77. The molecule has 0 amide bonds. The van der Waals surface area contributed by atoms with E-state index in [-0.39, 0.29) is 0 Å². The Morgan fingerprint density at radius 3 is 2.62 bits per heavy atom. The normalized spacial score (nSPS) is 19.4. The van der Waals surface area contributed by atoms with E-state index in [0.717, 1.165) is 6.04 Å². The number of hydrogen-bond acceptors (Lipinski definition) is 1. The molecular formula is C15H29N. The Balaban J connectivity index is 2.14. The van der Waals surface area contributed by atoms with E-state index in [0.29, 0.717) is 5.41 Å². The first-order valence-electron chi connectivity index (χ1n) is 7.07. The smallest absolute Gasteiger partial charge is 0.0121 e. The average Bonchev–Trinajstić information content (AvgIpc) is 3.01. The molecule has 1 aliphatic rings. The first-order chi connectivity index (χ1) is 7.73. The van der Waals surface area contributed by atoms with Gasteiger partial charge in [-0.15, -0.1) is 6.58 Å². The third-order valence-corrected chi connectivity index (χ3v) is 3.92. The molecule has 94 valence electrons. The van der Waals surface area contributed by atoms with Gasteiger partial charge in [-0.1, -0.05) is 32.8 Å². The molecule has 0 saturated heterocycles. The van der Waals surface area contributed by atoms with Gasteiger partial charge in [0.05, 0.1) is 0 Å². The van der Waals surface area contributed by atoms with Crippen LogP contribution >= 0.6 is 0 Å². The van der Waals surface area contributed by atoms with Crippen LogP contribution in [-0.4, -0.2) is 12.6 Å². The Kier molecular flexibility index (Phi) is 6.12. The molecule has 0 aromatic carbocycles. The Morgan fingerprint density at radius 2 is 2.06 bits per heavy atom. The highest BCUT2D eigenvalue weighted by Crippen LogP contribution is 2.49. The van der Waals surface area contributed by atoms with Crippen LogP contribution in [0.15, 0.2) is 12.7 Å². The fourth-order valence-corrected chi connectivity index (χ4v) is 2.38. The summed E-state index contributed by atoms with van der Waals surface area (Å²) in [7, 11) is 0. The molecule has 0 aromatic heterocycles. The largest absolute Gasteiger partial charge is 0.313 e. The molecule has 1 saturated carbocycles. The number of hydrogen-bond donors (Lipinski definition) is 1. The molecule has 0 spiro atoms. The lowest BCUT2D eigenvalue weighted by Crippen LogP contribution is -2.36. The highest BCUT2D eigenvalue weighted by Gasteiger charge is 2.43. The second-order valence-electron chi connectivity index (χ2n) is 5.59. The second-order valence-corrected chi connectivity index (χ2v) is 5.59.